The van der Waals surface area contributed by atoms with Crippen molar-refractivity contribution in [1.29, 1.82) is 0 Å². The first-order valence-corrected chi connectivity index (χ1v) is 9.16. The number of aromatic nitrogens is 6. The fraction of sp³-hybridized carbons (Fsp3) is 0.250. The SMILES string of the molecule is CNc1cc(C)nc(Nc2ccc(OC)c(-n3cc4nc(C)nc(C)c4n3)c2)n1. The average Bonchev–Trinajstić information content (AvgIpc) is 3.11. The van der Waals surface area contributed by atoms with Gasteiger partial charge in [-0.3, -0.25) is 0 Å². The summed E-state index contributed by atoms with van der Waals surface area (Å²) in [6.07, 6.45) is 1.88. The van der Waals surface area contributed by atoms with E-state index in [1.165, 1.54) is 0 Å². The van der Waals surface area contributed by atoms with Gasteiger partial charge in [-0.1, -0.05) is 0 Å². The molecular formula is C20H22N8O. The highest BCUT2D eigenvalue weighted by Crippen LogP contribution is 2.29. The molecule has 0 saturated carbocycles. The Morgan fingerprint density at radius 3 is 2.59 bits per heavy atom. The van der Waals surface area contributed by atoms with Crippen molar-refractivity contribution in [2.75, 3.05) is 24.8 Å². The third-order valence-electron chi connectivity index (χ3n) is 4.44. The second-order valence-corrected chi connectivity index (χ2v) is 6.64. The van der Waals surface area contributed by atoms with Gasteiger partial charge in [-0.25, -0.2) is 19.6 Å². The summed E-state index contributed by atoms with van der Waals surface area (Å²) in [6, 6.07) is 7.60. The number of nitrogens with zero attached hydrogens (tertiary/aromatic N) is 6. The van der Waals surface area contributed by atoms with Crippen LogP contribution in [0.15, 0.2) is 30.5 Å². The summed E-state index contributed by atoms with van der Waals surface area (Å²) in [5.41, 5.74) is 4.84. The predicted octanol–water partition coefficient (Wildman–Crippen LogP) is 3.32. The lowest BCUT2D eigenvalue weighted by molar-refractivity contribution is 0.412. The number of hydrogen-bond donors (Lipinski definition) is 2. The largest absolute Gasteiger partial charge is 0.494 e. The molecule has 1 aromatic carbocycles. The Morgan fingerprint density at radius 2 is 1.83 bits per heavy atom. The highest BCUT2D eigenvalue weighted by molar-refractivity contribution is 5.77. The molecule has 9 heteroatoms. The lowest BCUT2D eigenvalue weighted by atomic mass is 10.2. The van der Waals surface area contributed by atoms with E-state index in [4.69, 9.17) is 4.74 Å². The second kappa shape index (κ2) is 7.34. The number of anilines is 3. The van der Waals surface area contributed by atoms with Gasteiger partial charge in [0.1, 0.15) is 34.1 Å². The molecule has 0 atom stereocenters. The van der Waals surface area contributed by atoms with E-state index in [9.17, 15) is 0 Å². The van der Waals surface area contributed by atoms with Crippen LogP contribution in [0, 0.1) is 20.8 Å². The van der Waals surface area contributed by atoms with Crippen LogP contribution in [0.2, 0.25) is 0 Å². The maximum Gasteiger partial charge on any atom is 0.229 e. The van der Waals surface area contributed by atoms with Crippen LogP contribution in [-0.4, -0.2) is 43.9 Å². The number of hydrogen-bond acceptors (Lipinski definition) is 8. The number of methoxy groups -OCH3 is 1. The molecule has 0 unspecified atom stereocenters. The first kappa shape index (κ1) is 18.6. The van der Waals surface area contributed by atoms with Gasteiger partial charge in [0.15, 0.2) is 0 Å². The average molecular weight is 390 g/mol. The van der Waals surface area contributed by atoms with Gasteiger partial charge in [-0.15, -0.1) is 0 Å². The van der Waals surface area contributed by atoms with Crippen molar-refractivity contribution in [2.45, 2.75) is 20.8 Å². The zero-order valence-corrected chi connectivity index (χ0v) is 17.0. The third kappa shape index (κ3) is 3.66. The van der Waals surface area contributed by atoms with E-state index in [1.54, 1.807) is 11.8 Å². The summed E-state index contributed by atoms with van der Waals surface area (Å²) in [5, 5.41) is 10.9. The van der Waals surface area contributed by atoms with Crippen molar-refractivity contribution in [2.24, 2.45) is 0 Å². The molecule has 0 aliphatic heterocycles. The van der Waals surface area contributed by atoms with Crippen LogP contribution in [-0.2, 0) is 0 Å². The molecule has 2 N–H and O–H groups in total. The molecule has 0 aliphatic rings. The number of aryl methyl sites for hydroxylation is 3. The lowest BCUT2D eigenvalue weighted by Gasteiger charge is -2.12. The molecule has 29 heavy (non-hydrogen) atoms. The topological polar surface area (TPSA) is 103 Å². The van der Waals surface area contributed by atoms with E-state index in [-0.39, 0.29) is 0 Å². The monoisotopic (exact) mass is 390 g/mol. The molecule has 9 nitrogen and oxygen atoms in total. The molecular weight excluding hydrogens is 368 g/mol. The Kier molecular flexibility index (Phi) is 4.71. The van der Waals surface area contributed by atoms with E-state index in [0.717, 1.165) is 39.6 Å². The Hall–Kier alpha value is -3.75. The molecule has 0 aliphatic carbocycles. The Balaban J connectivity index is 1.76. The fourth-order valence-corrected chi connectivity index (χ4v) is 3.15. The zero-order chi connectivity index (χ0) is 20.5. The Morgan fingerprint density at radius 1 is 1.00 bits per heavy atom. The molecule has 0 radical (unpaired) electrons. The van der Waals surface area contributed by atoms with E-state index in [2.05, 4.69) is 35.7 Å². The van der Waals surface area contributed by atoms with Crippen LogP contribution >= 0.6 is 0 Å². The molecule has 148 valence electrons. The summed E-state index contributed by atoms with van der Waals surface area (Å²) >= 11 is 0. The van der Waals surface area contributed by atoms with Gasteiger partial charge in [0.25, 0.3) is 0 Å². The second-order valence-electron chi connectivity index (χ2n) is 6.64. The Labute approximate surface area is 168 Å². The molecule has 0 fully saturated rings. The van der Waals surface area contributed by atoms with Gasteiger partial charge < -0.3 is 15.4 Å². The molecule has 0 saturated heterocycles. The highest BCUT2D eigenvalue weighted by Gasteiger charge is 2.13. The van der Waals surface area contributed by atoms with Crippen molar-refractivity contribution in [3.05, 3.63) is 47.7 Å². The lowest BCUT2D eigenvalue weighted by Crippen LogP contribution is -2.04. The van der Waals surface area contributed by atoms with Crippen LogP contribution < -0.4 is 15.4 Å². The molecule has 0 spiro atoms. The van der Waals surface area contributed by atoms with Gasteiger partial charge in [0.05, 0.1) is 19.0 Å². The molecule has 0 bridgehead atoms. The van der Waals surface area contributed by atoms with Crippen molar-refractivity contribution in [3.8, 4) is 11.4 Å². The number of nitrogens with one attached hydrogen (secondary N) is 2. The summed E-state index contributed by atoms with van der Waals surface area (Å²) in [4.78, 5) is 17.8. The number of rotatable bonds is 5. The van der Waals surface area contributed by atoms with Crippen molar-refractivity contribution >= 4 is 28.5 Å². The molecule has 4 aromatic rings. The summed E-state index contributed by atoms with van der Waals surface area (Å²) in [5.74, 6) is 2.66. The van der Waals surface area contributed by atoms with Crippen molar-refractivity contribution < 1.29 is 4.74 Å². The van der Waals surface area contributed by atoms with Gasteiger partial charge in [0, 0.05) is 24.5 Å². The van der Waals surface area contributed by atoms with Gasteiger partial charge in [0.2, 0.25) is 5.95 Å². The normalized spacial score (nSPS) is 10.9. The quantitative estimate of drug-likeness (QED) is 0.535. The molecule has 3 aromatic heterocycles. The first-order valence-electron chi connectivity index (χ1n) is 9.16. The number of benzene rings is 1. The minimum absolute atomic E-state index is 0.508. The maximum absolute atomic E-state index is 5.54. The van der Waals surface area contributed by atoms with Gasteiger partial charge >= 0.3 is 0 Å². The molecule has 3 heterocycles. The van der Waals surface area contributed by atoms with Gasteiger partial charge in [-0.05, 0) is 39.0 Å². The van der Waals surface area contributed by atoms with Crippen molar-refractivity contribution in [3.63, 3.8) is 0 Å². The van der Waals surface area contributed by atoms with Crippen LogP contribution in [0.1, 0.15) is 17.2 Å². The maximum atomic E-state index is 5.54. The molecule has 4 rings (SSSR count). The summed E-state index contributed by atoms with van der Waals surface area (Å²) in [6.45, 7) is 5.72. The van der Waals surface area contributed by atoms with E-state index < -0.39 is 0 Å². The van der Waals surface area contributed by atoms with E-state index in [1.807, 2.05) is 58.3 Å². The van der Waals surface area contributed by atoms with Crippen LogP contribution in [0.4, 0.5) is 17.5 Å². The standard InChI is InChI=1S/C20H22N8O/c1-11-8-18(21-4)26-20(22-11)25-14-6-7-17(29-5)16(9-14)28-10-15-19(27-28)12(2)23-13(3)24-15/h6-10H,1-5H3,(H2,21,22,25,26). The predicted molar refractivity (Wildman–Crippen MR) is 112 cm³/mol. The van der Waals surface area contributed by atoms with Crippen LogP contribution in [0.5, 0.6) is 5.75 Å². The summed E-state index contributed by atoms with van der Waals surface area (Å²) < 4.78 is 7.30. The Bertz CT molecular complexity index is 1200. The minimum Gasteiger partial charge on any atom is -0.494 e. The third-order valence-corrected chi connectivity index (χ3v) is 4.44. The zero-order valence-electron chi connectivity index (χ0n) is 17.0. The first-order chi connectivity index (χ1) is 14.0. The van der Waals surface area contributed by atoms with Crippen LogP contribution in [0.25, 0.3) is 16.7 Å². The number of fused-ring (bicyclic) bond motifs is 1. The number of ether oxygens (including phenoxy) is 1. The van der Waals surface area contributed by atoms with E-state index in [0.29, 0.717) is 17.5 Å². The van der Waals surface area contributed by atoms with Crippen molar-refractivity contribution in [1.82, 2.24) is 29.7 Å². The smallest absolute Gasteiger partial charge is 0.229 e. The van der Waals surface area contributed by atoms with E-state index >= 15 is 0 Å². The summed E-state index contributed by atoms with van der Waals surface area (Å²) in [7, 11) is 3.46. The van der Waals surface area contributed by atoms with Crippen LogP contribution in [0.3, 0.4) is 0 Å². The fourth-order valence-electron chi connectivity index (χ4n) is 3.15. The van der Waals surface area contributed by atoms with Gasteiger partial charge in [-0.2, -0.15) is 10.1 Å². The highest BCUT2D eigenvalue weighted by atomic mass is 16.5. The molecule has 0 amide bonds. The minimum atomic E-state index is 0.508.